The molecule has 0 unspecified atom stereocenters. The van der Waals surface area contributed by atoms with Crippen LogP contribution in [0, 0.1) is 0 Å². The van der Waals surface area contributed by atoms with Gasteiger partial charge in [-0.2, -0.15) is 0 Å². The molecule has 35 heavy (non-hydrogen) atoms. The van der Waals surface area contributed by atoms with Gasteiger partial charge in [0.05, 0.1) is 22.1 Å². The van der Waals surface area contributed by atoms with E-state index in [-0.39, 0.29) is 22.4 Å². The van der Waals surface area contributed by atoms with Crippen LogP contribution >= 0.6 is 0 Å². The average Bonchev–Trinajstić information content (AvgIpc) is 2.83. The summed E-state index contributed by atoms with van der Waals surface area (Å²) in [5.74, 6) is -0.0152. The van der Waals surface area contributed by atoms with E-state index in [0.29, 0.717) is 53.7 Å². The van der Waals surface area contributed by atoms with Crippen molar-refractivity contribution in [3.8, 4) is 11.3 Å². The maximum Gasteiger partial charge on any atom is 0.329 e. The topological polar surface area (TPSA) is 148 Å². The summed E-state index contributed by atoms with van der Waals surface area (Å²) in [4.78, 5) is 54.6. The normalized spacial score (nSPS) is 15.1. The van der Waals surface area contributed by atoms with Crippen molar-refractivity contribution >= 4 is 37.7 Å². The Labute approximate surface area is 199 Å². The summed E-state index contributed by atoms with van der Waals surface area (Å²) in [5, 5.41) is 0.188. The molecule has 11 nitrogen and oxygen atoms in total. The Kier molecular flexibility index (Phi) is 5.47. The number of aromatic nitrogens is 5. The number of carbonyl (C=O) groups is 1. The van der Waals surface area contributed by atoms with Gasteiger partial charge in [0.2, 0.25) is 5.91 Å². The number of H-pyrrole nitrogens is 1. The van der Waals surface area contributed by atoms with Crippen LogP contribution < -0.4 is 11.2 Å². The van der Waals surface area contributed by atoms with Crippen molar-refractivity contribution in [2.24, 2.45) is 0 Å². The molecule has 0 bridgehead atoms. The van der Waals surface area contributed by atoms with Crippen LogP contribution in [0.5, 0.6) is 0 Å². The number of rotatable bonds is 3. The molecule has 180 valence electrons. The van der Waals surface area contributed by atoms with Crippen LogP contribution in [0.1, 0.15) is 25.8 Å². The fraction of sp³-hybridized carbons (Fsp3) is 0.304. The van der Waals surface area contributed by atoms with Crippen LogP contribution in [0.15, 0.2) is 51.3 Å². The summed E-state index contributed by atoms with van der Waals surface area (Å²) in [5.41, 5.74) is 1.24. The Morgan fingerprint density at radius 2 is 1.80 bits per heavy atom. The van der Waals surface area contributed by atoms with Crippen LogP contribution in [0.4, 0.5) is 0 Å². The number of carbonyl (C=O) groups excluding carboxylic acids is 1. The van der Waals surface area contributed by atoms with E-state index in [4.69, 9.17) is 4.98 Å². The van der Waals surface area contributed by atoms with E-state index in [0.717, 1.165) is 6.26 Å². The molecule has 0 aliphatic carbocycles. The van der Waals surface area contributed by atoms with Crippen LogP contribution in [-0.4, -0.2) is 63.1 Å². The molecule has 1 N–H and O–H groups in total. The van der Waals surface area contributed by atoms with E-state index in [1.165, 1.54) is 25.4 Å². The zero-order chi connectivity index (χ0) is 24.9. The monoisotopic (exact) mass is 494 g/mol. The van der Waals surface area contributed by atoms with E-state index in [1.54, 1.807) is 27.7 Å². The van der Waals surface area contributed by atoms with Gasteiger partial charge in [-0.25, -0.2) is 23.2 Å². The van der Waals surface area contributed by atoms with E-state index in [2.05, 4.69) is 15.0 Å². The predicted octanol–water partition coefficient (Wildman–Crippen LogP) is 1.28. The van der Waals surface area contributed by atoms with Crippen LogP contribution in [-0.2, 0) is 14.6 Å². The number of fused-ring (bicyclic) bond motifs is 3. The first-order valence-corrected chi connectivity index (χ1v) is 12.9. The first-order chi connectivity index (χ1) is 16.6. The number of hydrogen-bond acceptors (Lipinski definition) is 8. The fourth-order valence-electron chi connectivity index (χ4n) is 4.49. The Hall–Kier alpha value is -3.93. The number of aromatic amines is 1. The Bertz CT molecular complexity index is 1700. The molecule has 0 spiro atoms. The second kappa shape index (κ2) is 8.38. The summed E-state index contributed by atoms with van der Waals surface area (Å²) in [6, 6.07) is 6.23. The summed E-state index contributed by atoms with van der Waals surface area (Å²) in [6.07, 6.45) is 5.04. The molecule has 1 amide bonds. The number of pyridine rings is 3. The van der Waals surface area contributed by atoms with Gasteiger partial charge in [-0.05, 0) is 37.1 Å². The molecule has 1 saturated heterocycles. The van der Waals surface area contributed by atoms with E-state index < -0.39 is 21.1 Å². The molecule has 5 rings (SSSR count). The second-order valence-corrected chi connectivity index (χ2v) is 10.6. The van der Waals surface area contributed by atoms with Crippen LogP contribution in [0.25, 0.3) is 33.2 Å². The van der Waals surface area contributed by atoms with Gasteiger partial charge in [-0.1, -0.05) is 0 Å². The molecule has 1 aliphatic heterocycles. The van der Waals surface area contributed by atoms with Crippen LogP contribution in [0.3, 0.4) is 0 Å². The van der Waals surface area contributed by atoms with Crippen molar-refractivity contribution in [2.45, 2.75) is 30.8 Å². The van der Waals surface area contributed by atoms with Crippen molar-refractivity contribution in [2.75, 3.05) is 19.3 Å². The van der Waals surface area contributed by atoms with Gasteiger partial charge < -0.3 is 4.90 Å². The zero-order valence-electron chi connectivity index (χ0n) is 19.1. The number of nitrogens with zero attached hydrogens (tertiary/aromatic N) is 5. The number of sulfone groups is 1. The average molecular weight is 495 g/mol. The zero-order valence-corrected chi connectivity index (χ0v) is 19.9. The van der Waals surface area contributed by atoms with Gasteiger partial charge in [0, 0.05) is 50.3 Å². The predicted molar refractivity (Wildman–Crippen MR) is 129 cm³/mol. The summed E-state index contributed by atoms with van der Waals surface area (Å²) in [6.45, 7) is 2.53. The molecule has 0 saturated carbocycles. The maximum absolute atomic E-state index is 13.0. The lowest BCUT2D eigenvalue weighted by Gasteiger charge is -2.32. The highest BCUT2D eigenvalue weighted by Gasteiger charge is 2.26. The number of nitrogens with one attached hydrogen (secondary N) is 1. The Balaban J connectivity index is 1.70. The lowest BCUT2D eigenvalue weighted by molar-refractivity contribution is -0.130. The minimum Gasteiger partial charge on any atom is -0.343 e. The number of piperidine rings is 1. The van der Waals surface area contributed by atoms with Crippen molar-refractivity contribution in [3.63, 3.8) is 0 Å². The lowest BCUT2D eigenvalue weighted by atomic mass is 10.0. The molecule has 1 aliphatic rings. The molecule has 0 aromatic carbocycles. The number of hydrogen-bond donors (Lipinski definition) is 1. The fourth-order valence-corrected chi connectivity index (χ4v) is 5.05. The van der Waals surface area contributed by atoms with Crippen molar-refractivity contribution < 1.29 is 13.2 Å². The highest BCUT2D eigenvalue weighted by molar-refractivity contribution is 7.90. The summed E-state index contributed by atoms with van der Waals surface area (Å²) >= 11 is 0. The SMILES string of the molecule is CC(=O)N1CCC(n2c(=O)[nH]c(=O)c3cnc4ccc(-c5ccc(S(C)(=O)=O)nc5)nc4c32)CC1. The smallest absolute Gasteiger partial charge is 0.329 e. The van der Waals surface area contributed by atoms with E-state index in [1.807, 2.05) is 0 Å². The number of amides is 1. The standard InChI is InChI=1S/C23H22N6O5S/c1-13(30)28-9-7-15(8-10-28)29-21-16(22(31)27-23(29)32)12-24-18-5-4-17(26-20(18)21)14-3-6-19(25-11-14)35(2,33)34/h3-6,11-12,15H,7-10H2,1-2H3,(H,27,31,32). The van der Waals surface area contributed by atoms with Gasteiger partial charge >= 0.3 is 5.69 Å². The van der Waals surface area contributed by atoms with Crippen LogP contribution in [0.2, 0.25) is 0 Å². The lowest BCUT2D eigenvalue weighted by Crippen LogP contribution is -2.41. The van der Waals surface area contributed by atoms with E-state index >= 15 is 0 Å². The van der Waals surface area contributed by atoms with Gasteiger partial charge in [0.1, 0.15) is 5.52 Å². The first-order valence-electron chi connectivity index (χ1n) is 11.0. The van der Waals surface area contributed by atoms with Crippen molar-refractivity contribution in [3.05, 3.63) is 57.5 Å². The highest BCUT2D eigenvalue weighted by atomic mass is 32.2. The largest absolute Gasteiger partial charge is 0.343 e. The van der Waals surface area contributed by atoms with E-state index in [9.17, 15) is 22.8 Å². The molecule has 0 radical (unpaired) electrons. The molecule has 0 atom stereocenters. The first kappa shape index (κ1) is 22.8. The summed E-state index contributed by atoms with van der Waals surface area (Å²) in [7, 11) is -3.44. The van der Waals surface area contributed by atoms with Gasteiger partial charge in [0.25, 0.3) is 5.56 Å². The molecule has 4 aromatic heterocycles. The third-order valence-corrected chi connectivity index (χ3v) is 7.30. The third kappa shape index (κ3) is 4.09. The van der Waals surface area contributed by atoms with Gasteiger partial charge in [0.15, 0.2) is 14.9 Å². The third-order valence-electron chi connectivity index (χ3n) is 6.30. The van der Waals surface area contributed by atoms with Gasteiger partial charge in [-0.3, -0.25) is 24.1 Å². The van der Waals surface area contributed by atoms with Gasteiger partial charge in [-0.15, -0.1) is 0 Å². The molecule has 5 heterocycles. The quantitative estimate of drug-likeness (QED) is 0.419. The van der Waals surface area contributed by atoms with Crippen molar-refractivity contribution in [1.82, 2.24) is 29.4 Å². The molecule has 1 fully saturated rings. The minimum atomic E-state index is -3.44. The Morgan fingerprint density at radius 1 is 1.06 bits per heavy atom. The summed E-state index contributed by atoms with van der Waals surface area (Å²) < 4.78 is 25.0. The number of likely N-dealkylation sites (tertiary alicyclic amines) is 1. The minimum absolute atomic E-state index is 0.0152. The molecular formula is C23H22N6O5S. The molecule has 12 heteroatoms. The maximum atomic E-state index is 13.0. The molecular weight excluding hydrogens is 472 g/mol. The Morgan fingerprint density at radius 3 is 2.43 bits per heavy atom. The molecule has 4 aromatic rings. The van der Waals surface area contributed by atoms with Crippen molar-refractivity contribution in [1.29, 1.82) is 0 Å². The highest BCUT2D eigenvalue weighted by Crippen LogP contribution is 2.28. The second-order valence-electron chi connectivity index (χ2n) is 8.61.